The second-order valence-electron chi connectivity index (χ2n) is 6.43. The molecule has 0 aliphatic heterocycles. The summed E-state index contributed by atoms with van der Waals surface area (Å²) in [6.45, 7) is 1.37. The Hall–Kier alpha value is -3.38. The first-order chi connectivity index (χ1) is 13.6. The number of carbonyl (C=O) groups is 1. The maximum atomic E-state index is 12.1. The Morgan fingerprint density at radius 1 is 0.893 bits per heavy atom. The molecule has 3 aromatic rings. The van der Waals surface area contributed by atoms with Crippen LogP contribution in [0.25, 0.3) is 0 Å². The minimum atomic E-state index is -0.150. The van der Waals surface area contributed by atoms with E-state index in [2.05, 4.69) is 10.3 Å². The summed E-state index contributed by atoms with van der Waals surface area (Å²) in [5.41, 5.74) is 0.498. The lowest BCUT2D eigenvalue weighted by Gasteiger charge is -2.10. The predicted molar refractivity (Wildman–Crippen MR) is 108 cm³/mol. The Morgan fingerprint density at radius 2 is 1.54 bits per heavy atom. The van der Waals surface area contributed by atoms with E-state index in [0.717, 1.165) is 18.0 Å². The lowest BCUT2D eigenvalue weighted by Crippen LogP contribution is -2.31. The van der Waals surface area contributed by atoms with Gasteiger partial charge in [0, 0.05) is 25.4 Å². The van der Waals surface area contributed by atoms with E-state index >= 15 is 0 Å². The third-order valence-corrected chi connectivity index (χ3v) is 3.87. The van der Waals surface area contributed by atoms with Crippen molar-refractivity contribution >= 4 is 5.91 Å². The monoisotopic (exact) mass is 377 g/mol. The van der Waals surface area contributed by atoms with Crippen molar-refractivity contribution in [3.63, 3.8) is 0 Å². The molecule has 0 saturated heterocycles. The number of para-hydroxylation sites is 1. The summed E-state index contributed by atoms with van der Waals surface area (Å²) in [5, 5.41) is 2.85. The molecule has 0 atom stereocenters. The molecule has 0 bridgehead atoms. The van der Waals surface area contributed by atoms with Crippen LogP contribution in [0.4, 0.5) is 0 Å². The largest absolute Gasteiger partial charge is 0.457 e. The molecule has 6 nitrogen and oxygen atoms in total. The van der Waals surface area contributed by atoms with Gasteiger partial charge in [-0.25, -0.2) is 4.98 Å². The molecule has 144 valence electrons. The van der Waals surface area contributed by atoms with Crippen molar-refractivity contribution in [2.75, 3.05) is 27.2 Å². The number of hydrogen-bond donors (Lipinski definition) is 1. The molecule has 1 heterocycles. The molecule has 0 fully saturated rings. The van der Waals surface area contributed by atoms with Gasteiger partial charge in [0.25, 0.3) is 5.91 Å². The Morgan fingerprint density at radius 3 is 2.14 bits per heavy atom. The van der Waals surface area contributed by atoms with Crippen molar-refractivity contribution in [2.45, 2.75) is 0 Å². The number of hydrogen-bond acceptors (Lipinski definition) is 5. The quantitative estimate of drug-likeness (QED) is 0.644. The highest BCUT2D eigenvalue weighted by Crippen LogP contribution is 2.25. The highest BCUT2D eigenvalue weighted by molar-refractivity contribution is 5.93. The van der Waals surface area contributed by atoms with Crippen molar-refractivity contribution in [1.82, 2.24) is 15.2 Å². The van der Waals surface area contributed by atoms with E-state index in [9.17, 15) is 4.79 Å². The van der Waals surface area contributed by atoms with Crippen molar-refractivity contribution in [3.05, 3.63) is 78.5 Å². The van der Waals surface area contributed by atoms with Crippen molar-refractivity contribution in [1.29, 1.82) is 0 Å². The number of nitrogens with zero attached hydrogens (tertiary/aromatic N) is 2. The molecule has 0 aliphatic rings. The van der Waals surface area contributed by atoms with Gasteiger partial charge in [-0.3, -0.25) is 4.79 Å². The topological polar surface area (TPSA) is 63.7 Å². The molecule has 3 rings (SSSR count). The van der Waals surface area contributed by atoms with E-state index in [1.54, 1.807) is 12.1 Å². The average Bonchev–Trinajstić information content (AvgIpc) is 2.70. The van der Waals surface area contributed by atoms with Gasteiger partial charge < -0.3 is 19.7 Å². The first kappa shape index (κ1) is 19.4. The zero-order valence-corrected chi connectivity index (χ0v) is 16.0. The number of benzene rings is 2. The molecule has 1 N–H and O–H groups in total. The molecule has 6 heteroatoms. The first-order valence-electron chi connectivity index (χ1n) is 9.00. The van der Waals surface area contributed by atoms with Crippen LogP contribution < -0.4 is 14.8 Å². The van der Waals surface area contributed by atoms with Crippen LogP contribution in [0.1, 0.15) is 10.4 Å². The Balaban J connectivity index is 1.54. The van der Waals surface area contributed by atoms with Crippen LogP contribution in [0.2, 0.25) is 0 Å². The van der Waals surface area contributed by atoms with Crippen LogP contribution in [0.15, 0.2) is 72.9 Å². The Bertz CT molecular complexity index is 879. The minimum absolute atomic E-state index is 0.150. The third kappa shape index (κ3) is 5.82. The van der Waals surface area contributed by atoms with Gasteiger partial charge in [-0.15, -0.1) is 0 Å². The fourth-order valence-electron chi connectivity index (χ4n) is 2.39. The normalized spacial score (nSPS) is 10.5. The summed E-state index contributed by atoms with van der Waals surface area (Å²) in [6, 6.07) is 20.2. The second-order valence-corrected chi connectivity index (χ2v) is 6.43. The van der Waals surface area contributed by atoms with E-state index in [-0.39, 0.29) is 5.91 Å². The van der Waals surface area contributed by atoms with Gasteiger partial charge in [0.1, 0.15) is 17.2 Å². The third-order valence-electron chi connectivity index (χ3n) is 3.87. The molecular weight excluding hydrogens is 354 g/mol. The van der Waals surface area contributed by atoms with Crippen LogP contribution in [-0.4, -0.2) is 43.0 Å². The summed E-state index contributed by atoms with van der Waals surface area (Å²) in [7, 11) is 3.92. The van der Waals surface area contributed by atoms with Crippen LogP contribution in [0, 0.1) is 0 Å². The number of nitrogens with one attached hydrogen (secondary N) is 1. The molecule has 28 heavy (non-hydrogen) atoms. The Kier molecular flexibility index (Phi) is 6.59. The number of aromatic nitrogens is 1. The van der Waals surface area contributed by atoms with Crippen LogP contribution in [0.3, 0.4) is 0 Å². The van der Waals surface area contributed by atoms with Gasteiger partial charge in [0.2, 0.25) is 5.88 Å². The van der Waals surface area contributed by atoms with Crippen molar-refractivity contribution in [2.24, 2.45) is 0 Å². The lowest BCUT2D eigenvalue weighted by molar-refractivity contribution is 0.0950. The number of likely N-dealkylation sites (N-methyl/N-ethyl adjacent to an activating group) is 1. The Labute approximate surface area is 164 Å². The van der Waals surface area contributed by atoms with E-state index < -0.39 is 0 Å². The van der Waals surface area contributed by atoms with Gasteiger partial charge in [-0.2, -0.15) is 0 Å². The van der Waals surface area contributed by atoms with Crippen molar-refractivity contribution < 1.29 is 14.3 Å². The zero-order valence-electron chi connectivity index (χ0n) is 16.0. The standard InChI is InChI=1S/C22H23N3O3/c1-25(2)15-14-23-22(26)17-8-13-21(24-16-17)28-20-11-9-19(10-12-20)27-18-6-4-3-5-7-18/h3-13,16H,14-15H2,1-2H3,(H,23,26). The maximum Gasteiger partial charge on any atom is 0.252 e. The summed E-state index contributed by atoms with van der Waals surface area (Å²) >= 11 is 0. The lowest BCUT2D eigenvalue weighted by atomic mass is 10.2. The van der Waals surface area contributed by atoms with Gasteiger partial charge in [-0.1, -0.05) is 18.2 Å². The number of amides is 1. The summed E-state index contributed by atoms with van der Waals surface area (Å²) < 4.78 is 11.5. The highest BCUT2D eigenvalue weighted by atomic mass is 16.5. The first-order valence-corrected chi connectivity index (χ1v) is 9.00. The van der Waals surface area contributed by atoms with E-state index in [1.807, 2.05) is 73.6 Å². The van der Waals surface area contributed by atoms with Crippen LogP contribution in [0.5, 0.6) is 23.1 Å². The van der Waals surface area contributed by atoms with Gasteiger partial charge in [0.05, 0.1) is 5.56 Å². The molecule has 0 spiro atoms. The summed E-state index contributed by atoms with van der Waals surface area (Å²) in [6.07, 6.45) is 1.51. The van der Waals surface area contributed by atoms with Crippen LogP contribution in [-0.2, 0) is 0 Å². The SMILES string of the molecule is CN(C)CCNC(=O)c1ccc(Oc2ccc(Oc3ccccc3)cc2)nc1. The van der Waals surface area contributed by atoms with E-state index in [4.69, 9.17) is 9.47 Å². The maximum absolute atomic E-state index is 12.1. The highest BCUT2D eigenvalue weighted by Gasteiger charge is 2.07. The number of ether oxygens (including phenoxy) is 2. The summed E-state index contributed by atoms with van der Waals surface area (Å²) in [5.74, 6) is 2.40. The van der Waals surface area contributed by atoms with Gasteiger partial charge in [-0.05, 0) is 56.6 Å². The van der Waals surface area contributed by atoms with Crippen molar-refractivity contribution in [3.8, 4) is 23.1 Å². The second kappa shape index (κ2) is 9.53. The molecule has 2 aromatic carbocycles. The summed E-state index contributed by atoms with van der Waals surface area (Å²) in [4.78, 5) is 18.3. The molecular formula is C22H23N3O3. The zero-order chi connectivity index (χ0) is 19.8. The van der Waals surface area contributed by atoms with Crippen LogP contribution >= 0.6 is 0 Å². The molecule has 0 unspecified atom stereocenters. The molecule has 1 amide bonds. The van der Waals surface area contributed by atoms with E-state index in [0.29, 0.717) is 23.7 Å². The van der Waals surface area contributed by atoms with Gasteiger partial charge in [0.15, 0.2) is 0 Å². The molecule has 0 aliphatic carbocycles. The smallest absolute Gasteiger partial charge is 0.252 e. The van der Waals surface area contributed by atoms with E-state index in [1.165, 1.54) is 6.20 Å². The number of carbonyl (C=O) groups excluding carboxylic acids is 1. The number of pyridine rings is 1. The fraction of sp³-hybridized carbons (Fsp3) is 0.182. The predicted octanol–water partition coefficient (Wildman–Crippen LogP) is 3.96. The molecule has 0 radical (unpaired) electrons. The van der Waals surface area contributed by atoms with Gasteiger partial charge >= 0.3 is 0 Å². The minimum Gasteiger partial charge on any atom is -0.457 e. The average molecular weight is 377 g/mol. The fourth-order valence-corrected chi connectivity index (χ4v) is 2.39. The molecule has 1 aromatic heterocycles. The number of rotatable bonds is 8. The molecule has 0 saturated carbocycles.